The summed E-state index contributed by atoms with van der Waals surface area (Å²) in [6.45, 7) is 6.69. The Bertz CT molecular complexity index is 231. The molecule has 0 aromatic carbocycles. The minimum Gasteiger partial charge on any atom is -0.402 e. The molecule has 1 aliphatic heterocycles. The fourth-order valence-corrected chi connectivity index (χ4v) is 1.42. The number of rotatable bonds is 4. The van der Waals surface area contributed by atoms with Gasteiger partial charge in [-0.05, 0) is 6.92 Å². The minimum atomic E-state index is -0.122. The second-order valence-corrected chi connectivity index (χ2v) is 3.63. The number of allylic oxidation sites excluding steroid dienone is 1. The average Bonchev–Trinajstić information content (AvgIpc) is 2.18. The van der Waals surface area contributed by atoms with Crippen molar-refractivity contribution < 1.29 is 9.53 Å². The molecular weight excluding hydrogens is 194 g/mol. The van der Waals surface area contributed by atoms with E-state index < -0.39 is 0 Å². The van der Waals surface area contributed by atoms with E-state index in [0.717, 1.165) is 32.8 Å². The number of hydrogen-bond donors (Lipinski definition) is 2. The van der Waals surface area contributed by atoms with Crippen LogP contribution in [-0.2, 0) is 9.53 Å². The van der Waals surface area contributed by atoms with E-state index in [2.05, 4.69) is 10.2 Å². The second-order valence-electron chi connectivity index (χ2n) is 3.63. The number of carbonyl (C=O) groups is 1. The van der Waals surface area contributed by atoms with Crippen molar-refractivity contribution in [3.8, 4) is 0 Å². The maximum atomic E-state index is 11.2. The summed E-state index contributed by atoms with van der Waals surface area (Å²) in [6.07, 6.45) is 1.40. The molecule has 0 unspecified atom stereocenters. The van der Waals surface area contributed by atoms with Crippen molar-refractivity contribution in [1.82, 2.24) is 10.2 Å². The maximum Gasteiger partial charge on any atom is 0.245 e. The number of amides is 1. The zero-order valence-electron chi connectivity index (χ0n) is 9.16. The van der Waals surface area contributed by atoms with Crippen LogP contribution < -0.4 is 11.1 Å². The SMILES string of the molecule is CC(N)=CC(=O)NCCN1CCOCC1. The van der Waals surface area contributed by atoms with Crippen LogP contribution in [0.1, 0.15) is 6.92 Å². The number of nitrogens with one attached hydrogen (secondary N) is 1. The van der Waals surface area contributed by atoms with E-state index in [1.165, 1.54) is 6.08 Å². The molecule has 0 spiro atoms. The van der Waals surface area contributed by atoms with Crippen LogP contribution in [0, 0.1) is 0 Å². The molecule has 15 heavy (non-hydrogen) atoms. The number of hydrogen-bond acceptors (Lipinski definition) is 4. The van der Waals surface area contributed by atoms with E-state index in [1.54, 1.807) is 6.92 Å². The summed E-state index contributed by atoms with van der Waals surface area (Å²) in [5.41, 5.74) is 5.91. The molecule has 86 valence electrons. The summed E-state index contributed by atoms with van der Waals surface area (Å²) in [7, 11) is 0. The van der Waals surface area contributed by atoms with Crippen LogP contribution in [-0.4, -0.2) is 50.2 Å². The number of morpholine rings is 1. The van der Waals surface area contributed by atoms with Crippen LogP contribution in [0.3, 0.4) is 0 Å². The van der Waals surface area contributed by atoms with Gasteiger partial charge in [-0.25, -0.2) is 0 Å². The molecule has 1 amide bonds. The van der Waals surface area contributed by atoms with Crippen molar-refractivity contribution >= 4 is 5.91 Å². The molecule has 1 aliphatic rings. The molecule has 5 nitrogen and oxygen atoms in total. The molecule has 0 saturated carbocycles. The quantitative estimate of drug-likeness (QED) is 0.606. The first-order valence-corrected chi connectivity index (χ1v) is 5.20. The number of carbonyl (C=O) groups excluding carboxylic acids is 1. The number of nitrogens with two attached hydrogens (primary N) is 1. The molecule has 1 saturated heterocycles. The third-order valence-electron chi connectivity index (χ3n) is 2.19. The Balaban J connectivity index is 2.10. The van der Waals surface area contributed by atoms with Crippen molar-refractivity contribution in [2.24, 2.45) is 5.73 Å². The van der Waals surface area contributed by atoms with Gasteiger partial charge in [0.05, 0.1) is 13.2 Å². The van der Waals surface area contributed by atoms with E-state index in [-0.39, 0.29) is 5.91 Å². The molecule has 5 heteroatoms. The zero-order valence-corrected chi connectivity index (χ0v) is 9.16. The molecular formula is C10H19N3O2. The van der Waals surface area contributed by atoms with Gasteiger partial charge in [-0.3, -0.25) is 9.69 Å². The monoisotopic (exact) mass is 213 g/mol. The lowest BCUT2D eigenvalue weighted by Gasteiger charge is -2.26. The van der Waals surface area contributed by atoms with Crippen molar-refractivity contribution in [2.45, 2.75) is 6.92 Å². The summed E-state index contributed by atoms with van der Waals surface area (Å²) in [4.78, 5) is 13.5. The van der Waals surface area contributed by atoms with Crippen LogP contribution in [0.4, 0.5) is 0 Å². The first kappa shape index (κ1) is 12.0. The van der Waals surface area contributed by atoms with Crippen LogP contribution in [0.5, 0.6) is 0 Å². The summed E-state index contributed by atoms with van der Waals surface area (Å²) in [5, 5.41) is 2.78. The van der Waals surface area contributed by atoms with Gasteiger partial charge in [0.2, 0.25) is 5.91 Å². The first-order valence-electron chi connectivity index (χ1n) is 5.20. The third-order valence-corrected chi connectivity index (χ3v) is 2.19. The topological polar surface area (TPSA) is 67.6 Å². The highest BCUT2D eigenvalue weighted by Gasteiger charge is 2.09. The van der Waals surface area contributed by atoms with Gasteiger partial charge in [0.15, 0.2) is 0 Å². The lowest BCUT2D eigenvalue weighted by atomic mass is 10.4. The van der Waals surface area contributed by atoms with E-state index in [1.807, 2.05) is 0 Å². The molecule has 0 aromatic heterocycles. The highest BCUT2D eigenvalue weighted by Crippen LogP contribution is 1.94. The third kappa shape index (κ3) is 5.39. The van der Waals surface area contributed by atoms with Crippen molar-refractivity contribution in [2.75, 3.05) is 39.4 Å². The Kier molecular flexibility index (Phi) is 5.14. The molecule has 0 bridgehead atoms. The van der Waals surface area contributed by atoms with Crippen LogP contribution in [0.25, 0.3) is 0 Å². The number of ether oxygens (including phenoxy) is 1. The lowest BCUT2D eigenvalue weighted by molar-refractivity contribution is -0.116. The van der Waals surface area contributed by atoms with Gasteiger partial charge < -0.3 is 15.8 Å². The van der Waals surface area contributed by atoms with Crippen molar-refractivity contribution in [3.05, 3.63) is 11.8 Å². The van der Waals surface area contributed by atoms with Crippen LogP contribution >= 0.6 is 0 Å². The van der Waals surface area contributed by atoms with E-state index in [0.29, 0.717) is 12.2 Å². The number of nitrogens with zero attached hydrogens (tertiary/aromatic N) is 1. The van der Waals surface area contributed by atoms with Crippen molar-refractivity contribution in [3.63, 3.8) is 0 Å². The largest absolute Gasteiger partial charge is 0.402 e. The van der Waals surface area contributed by atoms with E-state index in [9.17, 15) is 4.79 Å². The van der Waals surface area contributed by atoms with E-state index in [4.69, 9.17) is 10.5 Å². The van der Waals surface area contributed by atoms with Gasteiger partial charge in [0, 0.05) is 38.0 Å². The Morgan fingerprint density at radius 2 is 2.20 bits per heavy atom. The minimum absolute atomic E-state index is 0.122. The highest BCUT2D eigenvalue weighted by atomic mass is 16.5. The molecule has 1 heterocycles. The van der Waals surface area contributed by atoms with E-state index >= 15 is 0 Å². The Labute approximate surface area is 90.3 Å². The summed E-state index contributed by atoms with van der Waals surface area (Å²) < 4.78 is 5.22. The normalized spacial score (nSPS) is 18.9. The molecule has 3 N–H and O–H groups in total. The summed E-state index contributed by atoms with van der Waals surface area (Å²) in [5.74, 6) is -0.122. The molecule has 0 atom stereocenters. The van der Waals surface area contributed by atoms with Gasteiger partial charge in [-0.15, -0.1) is 0 Å². The Hall–Kier alpha value is -1.07. The Morgan fingerprint density at radius 1 is 1.53 bits per heavy atom. The zero-order chi connectivity index (χ0) is 11.1. The standard InChI is InChI=1S/C10H19N3O2/c1-9(11)8-10(14)12-2-3-13-4-6-15-7-5-13/h8H,2-7,11H2,1H3,(H,12,14). The van der Waals surface area contributed by atoms with Crippen LogP contribution in [0.2, 0.25) is 0 Å². The molecule has 1 fully saturated rings. The summed E-state index contributed by atoms with van der Waals surface area (Å²) in [6, 6.07) is 0. The fraction of sp³-hybridized carbons (Fsp3) is 0.700. The van der Waals surface area contributed by atoms with Crippen LogP contribution in [0.15, 0.2) is 11.8 Å². The second kappa shape index (κ2) is 6.42. The van der Waals surface area contributed by atoms with Gasteiger partial charge >= 0.3 is 0 Å². The predicted octanol–water partition coefficient (Wildman–Crippen LogP) is -0.703. The molecule has 0 aromatic rings. The average molecular weight is 213 g/mol. The fourth-order valence-electron chi connectivity index (χ4n) is 1.42. The molecule has 0 aliphatic carbocycles. The summed E-state index contributed by atoms with van der Waals surface area (Å²) >= 11 is 0. The first-order chi connectivity index (χ1) is 7.18. The molecule has 1 rings (SSSR count). The maximum absolute atomic E-state index is 11.2. The van der Waals surface area contributed by atoms with Gasteiger partial charge in [-0.1, -0.05) is 0 Å². The van der Waals surface area contributed by atoms with Crippen molar-refractivity contribution in [1.29, 1.82) is 0 Å². The Morgan fingerprint density at radius 3 is 2.80 bits per heavy atom. The predicted molar refractivity (Wildman–Crippen MR) is 58.2 cm³/mol. The smallest absolute Gasteiger partial charge is 0.245 e. The molecule has 0 radical (unpaired) electrons. The lowest BCUT2D eigenvalue weighted by Crippen LogP contribution is -2.41. The van der Waals surface area contributed by atoms with Gasteiger partial charge in [-0.2, -0.15) is 0 Å². The van der Waals surface area contributed by atoms with Gasteiger partial charge in [0.25, 0.3) is 0 Å². The highest BCUT2D eigenvalue weighted by molar-refractivity contribution is 5.87. The van der Waals surface area contributed by atoms with Gasteiger partial charge in [0.1, 0.15) is 0 Å².